The quantitative estimate of drug-likeness (QED) is 0.516. The maximum absolute atomic E-state index is 5.48. The first-order chi connectivity index (χ1) is 5.18. The van der Waals surface area contributed by atoms with Crippen molar-refractivity contribution in [3.8, 4) is 0 Å². The zero-order valence-corrected chi connectivity index (χ0v) is 6.01. The van der Waals surface area contributed by atoms with E-state index < -0.39 is 0 Å². The van der Waals surface area contributed by atoms with Crippen molar-refractivity contribution in [3.05, 3.63) is 5.56 Å². The van der Waals surface area contributed by atoms with Crippen LogP contribution in [0.25, 0.3) is 11.2 Å². The number of aromatic nitrogens is 2. The fourth-order valence-corrected chi connectivity index (χ4v) is 1.01. The van der Waals surface area contributed by atoms with Gasteiger partial charge in [-0.2, -0.15) is 4.98 Å². The van der Waals surface area contributed by atoms with Crippen molar-refractivity contribution in [2.45, 2.75) is 6.92 Å². The van der Waals surface area contributed by atoms with Crippen LogP contribution in [0.2, 0.25) is 0 Å². The number of aryl methyl sites for hydroxylation is 1. The monoisotopic (exact) mass is 152 g/mol. The molecule has 2 aromatic rings. The van der Waals surface area contributed by atoms with Gasteiger partial charge < -0.3 is 20.9 Å². The lowest BCUT2D eigenvalue weighted by Crippen LogP contribution is -1.87. The maximum atomic E-state index is 5.48. The van der Waals surface area contributed by atoms with Crippen LogP contribution in [0.3, 0.4) is 0 Å². The first-order valence-electron chi connectivity index (χ1n) is 3.18. The van der Waals surface area contributed by atoms with E-state index >= 15 is 0 Å². The molecule has 0 fully saturated rings. The molecule has 0 saturated heterocycles. The van der Waals surface area contributed by atoms with Crippen molar-refractivity contribution < 1.29 is 4.42 Å². The highest BCUT2D eigenvalue weighted by molar-refractivity contribution is 5.80. The number of nitrogens with zero attached hydrogens (tertiary/aromatic N) is 1. The Morgan fingerprint density at radius 3 is 2.82 bits per heavy atom. The fraction of sp³-hybridized carbons (Fsp3) is 0.167. The Balaban J connectivity index is 2.88. The summed E-state index contributed by atoms with van der Waals surface area (Å²) < 4.78 is 5.07. The zero-order chi connectivity index (χ0) is 8.01. The molecule has 0 aliphatic heterocycles. The lowest BCUT2D eigenvalue weighted by atomic mass is 10.3. The second-order valence-corrected chi connectivity index (χ2v) is 2.39. The summed E-state index contributed by atoms with van der Waals surface area (Å²) in [6, 6.07) is 0. The minimum atomic E-state index is 0.349. The van der Waals surface area contributed by atoms with E-state index in [9.17, 15) is 0 Å². The highest BCUT2D eigenvalue weighted by Crippen LogP contribution is 2.24. The number of hydrogen-bond donors (Lipinski definition) is 3. The summed E-state index contributed by atoms with van der Waals surface area (Å²) >= 11 is 0. The maximum Gasteiger partial charge on any atom is 0.248 e. The van der Waals surface area contributed by atoms with Gasteiger partial charge in [-0.05, 0) is 6.92 Å². The average Bonchev–Trinajstić information content (AvgIpc) is 2.37. The molecule has 2 heterocycles. The molecular formula is C6H8N4O. The third-order valence-corrected chi connectivity index (χ3v) is 1.64. The Hall–Kier alpha value is -1.65. The van der Waals surface area contributed by atoms with Gasteiger partial charge in [0.15, 0.2) is 5.88 Å². The highest BCUT2D eigenvalue weighted by atomic mass is 16.4. The summed E-state index contributed by atoms with van der Waals surface area (Å²) in [6.07, 6.45) is 0. The highest BCUT2D eigenvalue weighted by Gasteiger charge is 2.10. The molecule has 0 spiro atoms. The van der Waals surface area contributed by atoms with Crippen molar-refractivity contribution in [3.63, 3.8) is 0 Å². The van der Waals surface area contributed by atoms with E-state index in [1.165, 1.54) is 0 Å². The number of anilines is 2. The summed E-state index contributed by atoms with van der Waals surface area (Å²) in [5.74, 6) is 0.737. The van der Waals surface area contributed by atoms with Gasteiger partial charge in [-0.15, -0.1) is 0 Å². The molecule has 0 saturated carbocycles. The second-order valence-electron chi connectivity index (χ2n) is 2.39. The summed E-state index contributed by atoms with van der Waals surface area (Å²) in [5, 5.41) is 0. The number of H-pyrrole nitrogens is 1. The van der Waals surface area contributed by atoms with Crippen molar-refractivity contribution in [1.29, 1.82) is 0 Å². The molecule has 0 aromatic carbocycles. The summed E-state index contributed by atoms with van der Waals surface area (Å²) in [6.45, 7) is 1.85. The van der Waals surface area contributed by atoms with Crippen LogP contribution in [0.1, 0.15) is 5.56 Å². The van der Waals surface area contributed by atoms with Gasteiger partial charge in [0.1, 0.15) is 5.52 Å². The van der Waals surface area contributed by atoms with Crippen molar-refractivity contribution in [2.24, 2.45) is 0 Å². The molecule has 0 unspecified atom stereocenters. The van der Waals surface area contributed by atoms with E-state index in [0.717, 1.165) is 11.1 Å². The Morgan fingerprint density at radius 1 is 1.45 bits per heavy atom. The first-order valence-corrected chi connectivity index (χ1v) is 3.18. The predicted molar refractivity (Wildman–Crippen MR) is 41.9 cm³/mol. The van der Waals surface area contributed by atoms with Crippen LogP contribution in [-0.4, -0.2) is 9.97 Å². The van der Waals surface area contributed by atoms with Gasteiger partial charge in [0, 0.05) is 5.56 Å². The van der Waals surface area contributed by atoms with Crippen molar-refractivity contribution in [1.82, 2.24) is 9.97 Å². The van der Waals surface area contributed by atoms with Crippen LogP contribution in [-0.2, 0) is 0 Å². The zero-order valence-electron chi connectivity index (χ0n) is 6.01. The van der Waals surface area contributed by atoms with Gasteiger partial charge in [0.25, 0.3) is 0 Å². The number of rotatable bonds is 0. The number of nitrogens with two attached hydrogens (primary N) is 2. The molecule has 5 N–H and O–H groups in total. The molecule has 11 heavy (non-hydrogen) atoms. The Labute approximate surface area is 62.4 Å². The van der Waals surface area contributed by atoms with E-state index in [4.69, 9.17) is 15.9 Å². The van der Waals surface area contributed by atoms with E-state index in [2.05, 4.69) is 9.97 Å². The van der Waals surface area contributed by atoms with E-state index in [0.29, 0.717) is 17.5 Å². The van der Waals surface area contributed by atoms with Crippen LogP contribution in [0.4, 0.5) is 11.8 Å². The molecule has 5 nitrogen and oxygen atoms in total. The number of fused-ring (bicyclic) bond motifs is 1. The summed E-state index contributed by atoms with van der Waals surface area (Å²) in [7, 11) is 0. The van der Waals surface area contributed by atoms with Crippen LogP contribution >= 0.6 is 0 Å². The Kier molecular flexibility index (Phi) is 0.934. The number of aromatic amines is 1. The Bertz CT molecular complexity index is 400. The van der Waals surface area contributed by atoms with Crippen molar-refractivity contribution in [2.75, 3.05) is 11.5 Å². The molecular weight excluding hydrogens is 144 g/mol. The number of imidazole rings is 1. The molecule has 0 amide bonds. The lowest BCUT2D eigenvalue weighted by Gasteiger charge is -1.84. The standard InChI is InChI=1S/C6H8N4O/c1-2-3-5(11-4(2)7)10-6(8)9-3/h7H2,1H3,(H3,8,9,10). The SMILES string of the molecule is Cc1c(N)oc2nc(N)[nH]c12. The van der Waals surface area contributed by atoms with Crippen LogP contribution in [0.5, 0.6) is 0 Å². The minimum absolute atomic E-state index is 0.349. The number of nitrogens with one attached hydrogen (secondary N) is 1. The largest absolute Gasteiger partial charge is 0.421 e. The third-order valence-electron chi connectivity index (χ3n) is 1.64. The van der Waals surface area contributed by atoms with Crippen molar-refractivity contribution >= 4 is 23.1 Å². The summed E-state index contributed by atoms with van der Waals surface area (Å²) in [4.78, 5) is 6.71. The van der Waals surface area contributed by atoms with Gasteiger partial charge in [0.05, 0.1) is 0 Å². The first kappa shape index (κ1) is 6.09. The van der Waals surface area contributed by atoms with E-state index in [1.807, 2.05) is 6.92 Å². The number of furan rings is 1. The number of nitrogen functional groups attached to an aromatic ring is 2. The average molecular weight is 152 g/mol. The minimum Gasteiger partial charge on any atom is -0.421 e. The van der Waals surface area contributed by atoms with Crippen LogP contribution in [0, 0.1) is 6.92 Å². The molecule has 0 radical (unpaired) electrons. The van der Waals surface area contributed by atoms with Crippen LogP contribution in [0.15, 0.2) is 4.42 Å². The smallest absolute Gasteiger partial charge is 0.248 e. The van der Waals surface area contributed by atoms with Crippen LogP contribution < -0.4 is 11.5 Å². The molecule has 0 aliphatic carbocycles. The van der Waals surface area contributed by atoms with Gasteiger partial charge in [0.2, 0.25) is 11.7 Å². The molecule has 0 atom stereocenters. The fourth-order valence-electron chi connectivity index (χ4n) is 1.01. The normalized spacial score (nSPS) is 11.0. The third kappa shape index (κ3) is 0.674. The molecule has 2 rings (SSSR count). The van der Waals surface area contributed by atoms with E-state index in [-0.39, 0.29) is 0 Å². The number of hydrogen-bond acceptors (Lipinski definition) is 4. The topological polar surface area (TPSA) is 93.9 Å². The Morgan fingerprint density at radius 2 is 2.18 bits per heavy atom. The molecule has 0 bridgehead atoms. The van der Waals surface area contributed by atoms with Gasteiger partial charge >= 0.3 is 0 Å². The van der Waals surface area contributed by atoms with Gasteiger partial charge in [-0.3, -0.25) is 0 Å². The molecule has 58 valence electrons. The lowest BCUT2D eigenvalue weighted by molar-refractivity contribution is 0.623. The predicted octanol–water partition coefficient (Wildman–Crippen LogP) is 0.629. The van der Waals surface area contributed by atoms with E-state index in [1.54, 1.807) is 0 Å². The molecule has 0 aliphatic rings. The molecule has 5 heteroatoms. The summed E-state index contributed by atoms with van der Waals surface area (Å²) in [5.41, 5.74) is 13.0. The van der Waals surface area contributed by atoms with Gasteiger partial charge in [-0.1, -0.05) is 0 Å². The second kappa shape index (κ2) is 1.69. The molecule has 2 aromatic heterocycles. The van der Waals surface area contributed by atoms with Gasteiger partial charge in [-0.25, -0.2) is 0 Å².